The van der Waals surface area contributed by atoms with Gasteiger partial charge in [0.1, 0.15) is 11.3 Å². The van der Waals surface area contributed by atoms with E-state index in [0.29, 0.717) is 25.8 Å². The summed E-state index contributed by atoms with van der Waals surface area (Å²) in [6.07, 6.45) is 3.31. The van der Waals surface area contributed by atoms with Crippen molar-refractivity contribution in [3.8, 4) is 0 Å². The van der Waals surface area contributed by atoms with E-state index in [1.807, 2.05) is 20.8 Å². The number of amides is 2. The highest BCUT2D eigenvalue weighted by Crippen LogP contribution is 2.72. The Morgan fingerprint density at radius 2 is 1.96 bits per heavy atom. The SMILES string of the molecule is C=C[C@@H]1C[C@]1(NC(=O)[C@@H]1CCCN1C(=O)[C@@H](N)C(C)(C)C)P(=O)(OC)OC. The van der Waals surface area contributed by atoms with E-state index >= 15 is 0 Å². The summed E-state index contributed by atoms with van der Waals surface area (Å²) in [5.74, 6) is -0.817. The van der Waals surface area contributed by atoms with Crippen molar-refractivity contribution in [2.24, 2.45) is 17.1 Å². The monoisotopic (exact) mass is 401 g/mol. The molecule has 0 spiro atoms. The van der Waals surface area contributed by atoms with Crippen LogP contribution in [0.2, 0.25) is 0 Å². The molecular weight excluding hydrogens is 369 g/mol. The van der Waals surface area contributed by atoms with Crippen molar-refractivity contribution < 1.29 is 23.2 Å². The highest BCUT2D eigenvalue weighted by Gasteiger charge is 2.68. The molecule has 1 aliphatic heterocycles. The predicted octanol–water partition coefficient (Wildman–Crippen LogP) is 1.86. The molecule has 3 N–H and O–H groups in total. The second-order valence-corrected chi connectivity index (χ2v) is 10.9. The highest BCUT2D eigenvalue weighted by atomic mass is 31.2. The van der Waals surface area contributed by atoms with Crippen molar-refractivity contribution in [3.63, 3.8) is 0 Å². The molecule has 2 rings (SSSR count). The van der Waals surface area contributed by atoms with Crippen molar-refractivity contribution in [2.45, 2.75) is 57.4 Å². The summed E-state index contributed by atoms with van der Waals surface area (Å²) < 4.78 is 23.3. The van der Waals surface area contributed by atoms with Crippen LogP contribution in [-0.4, -0.2) is 54.8 Å². The molecule has 1 saturated heterocycles. The van der Waals surface area contributed by atoms with Gasteiger partial charge in [0.25, 0.3) is 0 Å². The summed E-state index contributed by atoms with van der Waals surface area (Å²) in [6.45, 7) is 9.88. The average Bonchev–Trinajstić information content (AvgIpc) is 3.12. The Bertz CT molecular complexity index is 654. The molecule has 2 fully saturated rings. The van der Waals surface area contributed by atoms with Gasteiger partial charge >= 0.3 is 7.60 Å². The summed E-state index contributed by atoms with van der Waals surface area (Å²) in [7, 11) is -0.968. The number of likely N-dealkylation sites (tertiary alicyclic amines) is 1. The summed E-state index contributed by atoms with van der Waals surface area (Å²) >= 11 is 0. The zero-order valence-corrected chi connectivity index (χ0v) is 17.8. The molecule has 0 aromatic heterocycles. The molecule has 8 nitrogen and oxygen atoms in total. The highest BCUT2D eigenvalue weighted by molar-refractivity contribution is 7.56. The van der Waals surface area contributed by atoms with Crippen molar-refractivity contribution in [3.05, 3.63) is 12.7 Å². The van der Waals surface area contributed by atoms with Crippen LogP contribution in [0.15, 0.2) is 12.7 Å². The fraction of sp³-hybridized carbons (Fsp3) is 0.778. The number of hydrogen-bond acceptors (Lipinski definition) is 6. The smallest absolute Gasteiger partial charge is 0.337 e. The summed E-state index contributed by atoms with van der Waals surface area (Å²) in [5, 5.41) is 1.73. The van der Waals surface area contributed by atoms with Gasteiger partial charge in [0.2, 0.25) is 11.8 Å². The maximum atomic E-state index is 13.0. The second kappa shape index (κ2) is 7.66. The fourth-order valence-electron chi connectivity index (χ4n) is 3.63. The Hall–Kier alpha value is -1.21. The lowest BCUT2D eigenvalue weighted by molar-refractivity contribution is -0.141. The van der Waals surface area contributed by atoms with Gasteiger partial charge in [-0.25, -0.2) is 0 Å². The molecule has 1 heterocycles. The van der Waals surface area contributed by atoms with Crippen molar-refractivity contribution in [1.82, 2.24) is 10.2 Å². The first kappa shape index (κ1) is 22.1. The van der Waals surface area contributed by atoms with Gasteiger partial charge in [-0.05, 0) is 24.7 Å². The third-order valence-electron chi connectivity index (χ3n) is 5.62. The minimum Gasteiger partial charge on any atom is -0.337 e. The van der Waals surface area contributed by atoms with E-state index in [0.717, 1.165) is 0 Å². The van der Waals surface area contributed by atoms with Crippen LogP contribution < -0.4 is 11.1 Å². The van der Waals surface area contributed by atoms with Gasteiger partial charge in [-0.1, -0.05) is 26.8 Å². The van der Waals surface area contributed by atoms with E-state index < -0.39 is 30.4 Å². The molecule has 9 heteroatoms. The van der Waals surface area contributed by atoms with Gasteiger partial charge in [-0.15, -0.1) is 6.58 Å². The molecule has 4 atom stereocenters. The molecule has 0 bridgehead atoms. The average molecular weight is 401 g/mol. The third-order valence-corrected chi connectivity index (χ3v) is 8.18. The van der Waals surface area contributed by atoms with Crippen LogP contribution in [0.1, 0.15) is 40.0 Å². The van der Waals surface area contributed by atoms with E-state index in [-0.39, 0.29) is 17.7 Å². The summed E-state index contributed by atoms with van der Waals surface area (Å²) in [5.41, 5.74) is 5.70. The zero-order chi connectivity index (χ0) is 20.6. The molecule has 1 aliphatic carbocycles. The van der Waals surface area contributed by atoms with Gasteiger partial charge in [0.15, 0.2) is 0 Å². The van der Waals surface area contributed by atoms with E-state index in [9.17, 15) is 14.2 Å². The van der Waals surface area contributed by atoms with Crippen molar-refractivity contribution in [2.75, 3.05) is 20.8 Å². The number of nitrogens with one attached hydrogen (secondary N) is 1. The predicted molar refractivity (Wildman–Crippen MR) is 103 cm³/mol. The number of hydrogen-bond donors (Lipinski definition) is 2. The minimum absolute atomic E-state index is 0.213. The van der Waals surface area contributed by atoms with Crippen LogP contribution in [0.25, 0.3) is 0 Å². The molecular formula is C18H32N3O5P. The number of nitrogens with zero attached hydrogens (tertiary/aromatic N) is 1. The van der Waals surface area contributed by atoms with Crippen LogP contribution in [-0.2, 0) is 23.2 Å². The maximum Gasteiger partial charge on any atom is 0.355 e. The van der Waals surface area contributed by atoms with Crippen LogP contribution >= 0.6 is 7.60 Å². The van der Waals surface area contributed by atoms with Crippen LogP contribution in [0.5, 0.6) is 0 Å². The van der Waals surface area contributed by atoms with Crippen molar-refractivity contribution in [1.29, 1.82) is 0 Å². The van der Waals surface area contributed by atoms with E-state index in [2.05, 4.69) is 11.9 Å². The van der Waals surface area contributed by atoms with Crippen molar-refractivity contribution >= 4 is 19.4 Å². The van der Waals surface area contributed by atoms with E-state index in [1.54, 1.807) is 6.08 Å². The lowest BCUT2D eigenvalue weighted by Crippen LogP contribution is -2.56. The fourth-order valence-corrected chi connectivity index (χ4v) is 5.61. The first-order chi connectivity index (χ1) is 12.5. The number of rotatable bonds is 7. The molecule has 27 heavy (non-hydrogen) atoms. The third kappa shape index (κ3) is 3.86. The molecule has 1 saturated carbocycles. The maximum absolute atomic E-state index is 13.0. The van der Waals surface area contributed by atoms with Crippen LogP contribution in [0, 0.1) is 11.3 Å². The Morgan fingerprint density at radius 3 is 2.41 bits per heavy atom. The van der Waals surface area contributed by atoms with Crippen LogP contribution in [0.4, 0.5) is 0 Å². The Labute approximate surface area is 161 Å². The molecule has 0 aromatic rings. The Morgan fingerprint density at radius 1 is 1.37 bits per heavy atom. The quantitative estimate of drug-likeness (QED) is 0.498. The summed E-state index contributed by atoms with van der Waals surface area (Å²) in [6, 6.07) is -1.35. The normalized spacial score (nSPS) is 29.3. The van der Waals surface area contributed by atoms with E-state index in [1.165, 1.54) is 19.1 Å². The zero-order valence-electron chi connectivity index (χ0n) is 16.9. The number of nitrogens with two attached hydrogens (primary N) is 1. The molecule has 2 aliphatic rings. The topological polar surface area (TPSA) is 111 Å². The lowest BCUT2D eigenvalue weighted by atomic mass is 9.86. The Kier molecular flexibility index (Phi) is 6.27. The Balaban J connectivity index is 2.20. The van der Waals surface area contributed by atoms with Gasteiger partial charge in [-0.3, -0.25) is 14.2 Å². The largest absolute Gasteiger partial charge is 0.355 e. The molecule has 0 radical (unpaired) electrons. The number of carbonyl (C=O) groups excluding carboxylic acids is 2. The van der Waals surface area contributed by atoms with Crippen LogP contribution in [0.3, 0.4) is 0 Å². The minimum atomic E-state index is -3.56. The van der Waals surface area contributed by atoms with E-state index in [4.69, 9.17) is 14.8 Å². The van der Waals surface area contributed by atoms with Gasteiger partial charge < -0.3 is 25.0 Å². The molecule has 0 unspecified atom stereocenters. The summed E-state index contributed by atoms with van der Waals surface area (Å²) in [4.78, 5) is 27.4. The van der Waals surface area contributed by atoms with Gasteiger partial charge in [0.05, 0.1) is 6.04 Å². The number of carbonyl (C=O) groups is 2. The van der Waals surface area contributed by atoms with Gasteiger partial charge in [-0.2, -0.15) is 0 Å². The lowest BCUT2D eigenvalue weighted by Gasteiger charge is -2.34. The second-order valence-electron chi connectivity index (χ2n) is 8.36. The molecule has 154 valence electrons. The first-order valence-electron chi connectivity index (χ1n) is 9.19. The standard InChI is InChI=1S/C18H32N3O5P/c1-7-12-11-18(12,27(24,25-5)26-6)20-15(22)13-9-8-10-21(13)16(23)14(19)17(2,3)4/h7,12-14H,1,8-11,19H2,2-6H3,(H,20,22)/t12-,13+,14-,18+/m1/s1. The van der Waals surface area contributed by atoms with Gasteiger partial charge in [0, 0.05) is 26.7 Å². The molecule has 0 aromatic carbocycles. The first-order valence-corrected chi connectivity index (χ1v) is 10.7. The molecule has 2 amide bonds.